The van der Waals surface area contributed by atoms with Gasteiger partial charge in [-0.15, -0.1) is 0 Å². The first-order valence-electron chi connectivity index (χ1n) is 9.85. The van der Waals surface area contributed by atoms with Crippen molar-refractivity contribution in [2.24, 2.45) is 0 Å². The third kappa shape index (κ3) is 3.25. The van der Waals surface area contributed by atoms with Crippen LogP contribution in [0.4, 0.5) is 0 Å². The Kier molecular flexibility index (Phi) is 4.79. The molecule has 0 bridgehead atoms. The van der Waals surface area contributed by atoms with E-state index in [2.05, 4.69) is 15.1 Å². The molecule has 0 radical (unpaired) electrons. The molecular formula is C23H16ClN5O3. The SMILES string of the molecule is Cc1ccc(Cn2nc(C(=O)CN3C(=O)c4ccccc4C3=O)c3c(Cl)ncnc32)cc1. The minimum Gasteiger partial charge on any atom is -0.290 e. The van der Waals surface area contributed by atoms with Crippen LogP contribution in [-0.4, -0.2) is 48.8 Å². The summed E-state index contributed by atoms with van der Waals surface area (Å²) in [7, 11) is 0. The lowest BCUT2D eigenvalue weighted by Gasteiger charge is -2.11. The van der Waals surface area contributed by atoms with Gasteiger partial charge in [-0.05, 0) is 24.6 Å². The number of carbonyl (C=O) groups is 3. The van der Waals surface area contributed by atoms with E-state index in [4.69, 9.17) is 11.6 Å². The fraction of sp³-hybridized carbons (Fsp3) is 0.130. The smallest absolute Gasteiger partial charge is 0.261 e. The largest absolute Gasteiger partial charge is 0.290 e. The number of hydrogen-bond acceptors (Lipinski definition) is 6. The van der Waals surface area contributed by atoms with Crippen molar-refractivity contribution in [1.82, 2.24) is 24.6 Å². The van der Waals surface area contributed by atoms with E-state index < -0.39 is 24.1 Å². The number of rotatable bonds is 5. The highest BCUT2D eigenvalue weighted by Crippen LogP contribution is 2.27. The molecule has 0 fully saturated rings. The Balaban J connectivity index is 1.50. The van der Waals surface area contributed by atoms with Crippen molar-refractivity contribution in [3.8, 4) is 0 Å². The molecule has 9 heteroatoms. The maximum absolute atomic E-state index is 13.2. The molecule has 1 aliphatic rings. The third-order valence-corrected chi connectivity index (χ3v) is 5.67. The molecule has 0 spiro atoms. The number of ketones is 1. The standard InChI is InChI=1S/C23H16ClN5O3/c1-13-6-8-14(9-7-13)10-29-21-18(20(24)25-12-26-21)19(27-29)17(30)11-28-22(31)15-4-2-3-5-16(15)23(28)32/h2-9,12H,10-11H2,1H3. The van der Waals surface area contributed by atoms with Gasteiger partial charge in [-0.25, -0.2) is 14.6 Å². The number of amides is 2. The second-order valence-corrected chi connectivity index (χ2v) is 7.88. The van der Waals surface area contributed by atoms with Gasteiger partial charge in [0, 0.05) is 0 Å². The van der Waals surface area contributed by atoms with Crippen LogP contribution in [0, 0.1) is 6.92 Å². The van der Waals surface area contributed by atoms with E-state index in [0.717, 1.165) is 16.0 Å². The number of imide groups is 1. The lowest BCUT2D eigenvalue weighted by atomic mass is 10.1. The molecule has 8 nitrogen and oxygen atoms in total. The second kappa shape index (κ2) is 7.65. The van der Waals surface area contributed by atoms with Crippen LogP contribution in [-0.2, 0) is 6.54 Å². The Bertz CT molecular complexity index is 1380. The number of carbonyl (C=O) groups excluding carboxylic acids is 3. The topological polar surface area (TPSA) is 98.1 Å². The maximum Gasteiger partial charge on any atom is 0.261 e. The van der Waals surface area contributed by atoms with Crippen LogP contribution in [0.3, 0.4) is 0 Å². The van der Waals surface area contributed by atoms with E-state index in [9.17, 15) is 14.4 Å². The molecule has 0 unspecified atom stereocenters. The summed E-state index contributed by atoms with van der Waals surface area (Å²) in [5, 5.41) is 4.81. The van der Waals surface area contributed by atoms with Gasteiger partial charge >= 0.3 is 0 Å². The normalized spacial score (nSPS) is 13.1. The van der Waals surface area contributed by atoms with Crippen molar-refractivity contribution in [1.29, 1.82) is 0 Å². The summed E-state index contributed by atoms with van der Waals surface area (Å²) >= 11 is 6.29. The molecule has 0 saturated carbocycles. The van der Waals surface area contributed by atoms with Crippen molar-refractivity contribution in [2.45, 2.75) is 13.5 Å². The van der Waals surface area contributed by atoms with Crippen LogP contribution in [0.25, 0.3) is 11.0 Å². The van der Waals surface area contributed by atoms with Crippen LogP contribution < -0.4 is 0 Å². The van der Waals surface area contributed by atoms with Crippen molar-refractivity contribution in [3.63, 3.8) is 0 Å². The monoisotopic (exact) mass is 445 g/mol. The average Bonchev–Trinajstić information content (AvgIpc) is 3.28. The maximum atomic E-state index is 13.2. The van der Waals surface area contributed by atoms with Crippen molar-refractivity contribution < 1.29 is 14.4 Å². The van der Waals surface area contributed by atoms with Gasteiger partial charge in [0.1, 0.15) is 17.2 Å². The predicted molar refractivity (Wildman–Crippen MR) is 117 cm³/mol. The Labute approximate surface area is 187 Å². The van der Waals surface area contributed by atoms with Crippen molar-refractivity contribution in [2.75, 3.05) is 6.54 Å². The molecule has 0 atom stereocenters. The van der Waals surface area contributed by atoms with Crippen LogP contribution in [0.5, 0.6) is 0 Å². The highest BCUT2D eigenvalue weighted by atomic mass is 35.5. The van der Waals surface area contributed by atoms with Gasteiger partial charge < -0.3 is 0 Å². The van der Waals surface area contributed by atoms with Gasteiger partial charge in [0.15, 0.2) is 5.65 Å². The first kappa shape index (κ1) is 20.0. The minimum absolute atomic E-state index is 0.0225. The zero-order valence-electron chi connectivity index (χ0n) is 16.9. The van der Waals surface area contributed by atoms with Gasteiger partial charge in [0.05, 0.1) is 29.6 Å². The summed E-state index contributed by atoms with van der Waals surface area (Å²) in [6, 6.07) is 14.4. The number of benzene rings is 2. The molecule has 1 aliphatic heterocycles. The highest BCUT2D eigenvalue weighted by molar-refractivity contribution is 6.35. The Morgan fingerprint density at radius 3 is 2.28 bits per heavy atom. The lowest BCUT2D eigenvalue weighted by molar-refractivity contribution is 0.0623. The van der Waals surface area contributed by atoms with Gasteiger partial charge in [0.25, 0.3) is 11.8 Å². The third-order valence-electron chi connectivity index (χ3n) is 5.38. The zero-order chi connectivity index (χ0) is 22.4. The van der Waals surface area contributed by atoms with Crippen LogP contribution in [0.1, 0.15) is 42.3 Å². The number of aromatic nitrogens is 4. The summed E-state index contributed by atoms with van der Waals surface area (Å²) in [6.07, 6.45) is 1.30. The summed E-state index contributed by atoms with van der Waals surface area (Å²) in [5.74, 6) is -1.54. The number of halogens is 1. The Hall–Kier alpha value is -3.91. The van der Waals surface area contributed by atoms with E-state index in [0.29, 0.717) is 17.6 Å². The number of Topliss-reactive ketones (excluding diaryl/α,β-unsaturated/α-hetero) is 1. The van der Waals surface area contributed by atoms with Crippen molar-refractivity contribution >= 4 is 40.2 Å². The molecule has 0 N–H and O–H groups in total. The van der Waals surface area contributed by atoms with E-state index in [1.165, 1.54) is 6.33 Å². The van der Waals surface area contributed by atoms with E-state index in [1.807, 2.05) is 31.2 Å². The molecule has 2 aromatic carbocycles. The van der Waals surface area contributed by atoms with Crippen LogP contribution >= 0.6 is 11.6 Å². The summed E-state index contributed by atoms with van der Waals surface area (Å²) < 4.78 is 1.57. The van der Waals surface area contributed by atoms with Gasteiger partial charge in [-0.1, -0.05) is 53.6 Å². The summed E-state index contributed by atoms with van der Waals surface area (Å²) in [4.78, 5) is 47.7. The van der Waals surface area contributed by atoms with Crippen molar-refractivity contribution in [3.05, 3.63) is 88.0 Å². The second-order valence-electron chi connectivity index (χ2n) is 7.52. The highest BCUT2D eigenvalue weighted by Gasteiger charge is 2.37. The van der Waals surface area contributed by atoms with Crippen LogP contribution in [0.15, 0.2) is 54.9 Å². The van der Waals surface area contributed by atoms with Gasteiger partial charge in [-0.3, -0.25) is 19.3 Å². The lowest BCUT2D eigenvalue weighted by Crippen LogP contribution is -2.35. The quantitative estimate of drug-likeness (QED) is 0.265. The molecule has 3 heterocycles. The molecule has 4 aromatic rings. The number of fused-ring (bicyclic) bond motifs is 2. The molecule has 0 saturated heterocycles. The summed E-state index contributed by atoms with van der Waals surface area (Å²) in [6.45, 7) is 1.91. The average molecular weight is 446 g/mol. The molecule has 5 rings (SSSR count). The van der Waals surface area contributed by atoms with Gasteiger partial charge in [0.2, 0.25) is 5.78 Å². The van der Waals surface area contributed by atoms with E-state index >= 15 is 0 Å². The molecule has 158 valence electrons. The molecule has 32 heavy (non-hydrogen) atoms. The molecule has 2 aromatic heterocycles. The number of aryl methyl sites for hydroxylation is 1. The molecule has 0 aliphatic carbocycles. The number of nitrogens with zero attached hydrogens (tertiary/aromatic N) is 5. The minimum atomic E-state index is -0.524. The number of hydrogen-bond donors (Lipinski definition) is 0. The van der Waals surface area contributed by atoms with Gasteiger partial charge in [-0.2, -0.15) is 5.10 Å². The van der Waals surface area contributed by atoms with E-state index in [-0.39, 0.29) is 22.0 Å². The first-order valence-corrected chi connectivity index (χ1v) is 10.2. The Morgan fingerprint density at radius 2 is 1.62 bits per heavy atom. The van der Waals surface area contributed by atoms with Crippen LogP contribution in [0.2, 0.25) is 5.15 Å². The molecular weight excluding hydrogens is 430 g/mol. The first-order chi connectivity index (χ1) is 15.4. The Morgan fingerprint density at radius 1 is 0.969 bits per heavy atom. The fourth-order valence-corrected chi connectivity index (χ4v) is 3.96. The fourth-order valence-electron chi connectivity index (χ4n) is 3.75. The summed E-state index contributed by atoms with van der Waals surface area (Å²) in [5.41, 5.74) is 3.07. The predicted octanol–water partition coefficient (Wildman–Crippen LogP) is 3.32. The van der Waals surface area contributed by atoms with E-state index in [1.54, 1.807) is 28.9 Å². The zero-order valence-corrected chi connectivity index (χ0v) is 17.7. The molecule has 2 amide bonds.